The normalized spacial score (nSPS) is 10.9. The highest BCUT2D eigenvalue weighted by Gasteiger charge is 2.13. The van der Waals surface area contributed by atoms with E-state index in [1.165, 1.54) is 11.3 Å². The Morgan fingerprint density at radius 2 is 2.03 bits per heavy atom. The standard InChI is InChI=1S/C21H20N4O4S/c1-4-28-17-7-5-14(9-18(17)27-3)20-22-16(12-30-20)11-29-21(26)15-6-8-19-24-23-13(2)25(19)10-15/h5-10,12H,4,11H2,1-3H3. The fraction of sp³-hybridized carbons (Fsp3) is 0.238. The van der Waals surface area contributed by atoms with Crippen LogP contribution in [0.25, 0.3) is 16.2 Å². The Bertz CT molecular complexity index is 1200. The van der Waals surface area contributed by atoms with Crippen molar-refractivity contribution in [3.8, 4) is 22.1 Å². The molecule has 0 fully saturated rings. The number of hydrogen-bond donors (Lipinski definition) is 0. The zero-order valence-corrected chi connectivity index (χ0v) is 17.6. The van der Waals surface area contributed by atoms with E-state index in [2.05, 4.69) is 15.2 Å². The molecule has 0 atom stereocenters. The molecule has 4 rings (SSSR count). The van der Waals surface area contributed by atoms with Gasteiger partial charge in [0.05, 0.1) is 25.0 Å². The maximum Gasteiger partial charge on any atom is 0.340 e. The van der Waals surface area contributed by atoms with E-state index in [0.29, 0.717) is 40.8 Å². The third kappa shape index (κ3) is 3.97. The molecule has 1 aromatic carbocycles. The number of esters is 1. The maximum absolute atomic E-state index is 12.4. The largest absolute Gasteiger partial charge is 0.493 e. The molecule has 0 spiro atoms. The Hall–Kier alpha value is -3.46. The minimum absolute atomic E-state index is 0.0860. The molecule has 9 heteroatoms. The summed E-state index contributed by atoms with van der Waals surface area (Å²) in [6.07, 6.45) is 1.67. The van der Waals surface area contributed by atoms with Gasteiger partial charge in [-0.25, -0.2) is 9.78 Å². The van der Waals surface area contributed by atoms with Crippen LogP contribution in [0.15, 0.2) is 41.9 Å². The second-order valence-corrected chi connectivity index (χ2v) is 7.27. The fourth-order valence-corrected chi connectivity index (χ4v) is 3.73. The van der Waals surface area contributed by atoms with E-state index in [9.17, 15) is 4.79 Å². The molecular formula is C21H20N4O4S. The number of thiazole rings is 1. The summed E-state index contributed by atoms with van der Waals surface area (Å²) in [6.45, 7) is 4.39. The molecule has 8 nitrogen and oxygen atoms in total. The summed E-state index contributed by atoms with van der Waals surface area (Å²) in [5.41, 5.74) is 2.69. The number of pyridine rings is 1. The summed E-state index contributed by atoms with van der Waals surface area (Å²) in [5.74, 6) is 1.61. The van der Waals surface area contributed by atoms with Crippen LogP contribution in [0.3, 0.4) is 0 Å². The number of rotatable bonds is 7. The van der Waals surface area contributed by atoms with Crippen LogP contribution >= 0.6 is 11.3 Å². The molecule has 30 heavy (non-hydrogen) atoms. The average Bonchev–Trinajstić information content (AvgIpc) is 3.39. The lowest BCUT2D eigenvalue weighted by molar-refractivity contribution is 0.0468. The van der Waals surface area contributed by atoms with Gasteiger partial charge in [-0.15, -0.1) is 21.5 Å². The fourth-order valence-electron chi connectivity index (χ4n) is 2.93. The monoisotopic (exact) mass is 424 g/mol. The van der Waals surface area contributed by atoms with E-state index >= 15 is 0 Å². The second kappa shape index (κ2) is 8.50. The minimum Gasteiger partial charge on any atom is -0.493 e. The first-order valence-corrected chi connectivity index (χ1v) is 10.2. The number of carbonyl (C=O) groups is 1. The van der Waals surface area contributed by atoms with E-state index in [1.807, 2.05) is 37.4 Å². The summed E-state index contributed by atoms with van der Waals surface area (Å²) in [7, 11) is 1.60. The van der Waals surface area contributed by atoms with Gasteiger partial charge in [0, 0.05) is 17.1 Å². The highest BCUT2D eigenvalue weighted by atomic mass is 32.1. The number of methoxy groups -OCH3 is 1. The molecule has 154 valence electrons. The number of benzene rings is 1. The molecule has 0 saturated heterocycles. The number of aryl methyl sites for hydroxylation is 1. The van der Waals surface area contributed by atoms with Gasteiger partial charge in [0.2, 0.25) is 0 Å². The summed E-state index contributed by atoms with van der Waals surface area (Å²) in [5, 5.41) is 10.7. The predicted molar refractivity (Wildman–Crippen MR) is 112 cm³/mol. The SMILES string of the molecule is CCOc1ccc(-c2nc(COC(=O)c3ccc4nnc(C)n4c3)cs2)cc1OC. The quantitative estimate of drug-likeness (QED) is 0.415. The van der Waals surface area contributed by atoms with Crippen molar-refractivity contribution in [3.05, 3.63) is 59.0 Å². The third-order valence-corrected chi connectivity index (χ3v) is 5.36. The van der Waals surface area contributed by atoms with Crippen LogP contribution in [0.5, 0.6) is 11.5 Å². The van der Waals surface area contributed by atoms with Crippen LogP contribution in [-0.4, -0.2) is 39.3 Å². The van der Waals surface area contributed by atoms with Crippen molar-refractivity contribution >= 4 is 23.0 Å². The number of aromatic nitrogens is 4. The molecule has 0 aliphatic heterocycles. The average molecular weight is 424 g/mol. The number of hydrogen-bond acceptors (Lipinski definition) is 8. The molecule has 3 heterocycles. The molecule has 0 unspecified atom stereocenters. The number of nitrogens with zero attached hydrogens (tertiary/aromatic N) is 4. The Labute approximate surface area is 177 Å². The second-order valence-electron chi connectivity index (χ2n) is 6.41. The molecule has 4 aromatic rings. The number of carbonyl (C=O) groups excluding carboxylic acids is 1. The van der Waals surface area contributed by atoms with Gasteiger partial charge < -0.3 is 14.2 Å². The lowest BCUT2D eigenvalue weighted by atomic mass is 10.2. The van der Waals surface area contributed by atoms with Crippen molar-refractivity contribution < 1.29 is 19.0 Å². The topological polar surface area (TPSA) is 87.8 Å². The van der Waals surface area contributed by atoms with Gasteiger partial charge in [-0.05, 0) is 44.2 Å². The number of fused-ring (bicyclic) bond motifs is 1. The zero-order chi connectivity index (χ0) is 21.1. The smallest absolute Gasteiger partial charge is 0.340 e. The van der Waals surface area contributed by atoms with E-state index in [1.54, 1.807) is 29.8 Å². The molecule has 3 aromatic heterocycles. The Morgan fingerprint density at radius 3 is 2.83 bits per heavy atom. The van der Waals surface area contributed by atoms with Crippen molar-refractivity contribution in [2.45, 2.75) is 20.5 Å². The molecule has 0 radical (unpaired) electrons. The zero-order valence-electron chi connectivity index (χ0n) is 16.8. The summed E-state index contributed by atoms with van der Waals surface area (Å²) < 4.78 is 18.1. The first-order valence-electron chi connectivity index (χ1n) is 9.33. The van der Waals surface area contributed by atoms with Gasteiger partial charge in [-0.3, -0.25) is 4.40 Å². The lowest BCUT2D eigenvalue weighted by Crippen LogP contribution is -2.07. The van der Waals surface area contributed by atoms with Crippen molar-refractivity contribution in [1.82, 2.24) is 19.6 Å². The summed E-state index contributed by atoms with van der Waals surface area (Å²) >= 11 is 1.47. The van der Waals surface area contributed by atoms with Gasteiger partial charge in [-0.2, -0.15) is 0 Å². The van der Waals surface area contributed by atoms with Crippen molar-refractivity contribution in [2.75, 3.05) is 13.7 Å². The first kappa shape index (κ1) is 19.8. The molecule has 0 amide bonds. The Balaban J connectivity index is 1.45. The van der Waals surface area contributed by atoms with Crippen molar-refractivity contribution in [3.63, 3.8) is 0 Å². The lowest BCUT2D eigenvalue weighted by Gasteiger charge is -2.09. The molecule has 0 bridgehead atoms. The predicted octanol–water partition coefficient (Wildman–Crippen LogP) is 3.93. The summed E-state index contributed by atoms with van der Waals surface area (Å²) in [4.78, 5) is 17.0. The molecule has 0 N–H and O–H groups in total. The van der Waals surface area contributed by atoms with Gasteiger partial charge >= 0.3 is 5.97 Å². The first-order chi connectivity index (χ1) is 14.6. The van der Waals surface area contributed by atoms with Crippen LogP contribution < -0.4 is 9.47 Å². The third-order valence-electron chi connectivity index (χ3n) is 4.42. The van der Waals surface area contributed by atoms with Crippen LogP contribution in [-0.2, 0) is 11.3 Å². The Kier molecular flexibility index (Phi) is 5.62. The molecule has 0 saturated carbocycles. The van der Waals surface area contributed by atoms with Gasteiger partial charge in [0.1, 0.15) is 17.4 Å². The highest BCUT2D eigenvalue weighted by molar-refractivity contribution is 7.13. The minimum atomic E-state index is -0.428. The van der Waals surface area contributed by atoms with E-state index in [-0.39, 0.29) is 6.61 Å². The van der Waals surface area contributed by atoms with Gasteiger partial charge in [-0.1, -0.05) is 0 Å². The van der Waals surface area contributed by atoms with E-state index in [0.717, 1.165) is 10.6 Å². The van der Waals surface area contributed by atoms with Crippen LogP contribution in [0, 0.1) is 6.92 Å². The number of ether oxygens (including phenoxy) is 3. The van der Waals surface area contributed by atoms with Crippen LogP contribution in [0.2, 0.25) is 0 Å². The van der Waals surface area contributed by atoms with E-state index < -0.39 is 5.97 Å². The highest BCUT2D eigenvalue weighted by Crippen LogP contribution is 2.33. The Morgan fingerprint density at radius 1 is 1.17 bits per heavy atom. The van der Waals surface area contributed by atoms with Crippen LogP contribution in [0.1, 0.15) is 28.8 Å². The van der Waals surface area contributed by atoms with E-state index in [4.69, 9.17) is 14.2 Å². The summed E-state index contributed by atoms with van der Waals surface area (Å²) in [6, 6.07) is 9.08. The van der Waals surface area contributed by atoms with Crippen molar-refractivity contribution in [2.24, 2.45) is 0 Å². The van der Waals surface area contributed by atoms with Gasteiger partial charge in [0.25, 0.3) is 0 Å². The van der Waals surface area contributed by atoms with Crippen molar-refractivity contribution in [1.29, 1.82) is 0 Å². The van der Waals surface area contributed by atoms with Crippen LogP contribution in [0.4, 0.5) is 0 Å². The maximum atomic E-state index is 12.4. The molecule has 0 aliphatic carbocycles. The van der Waals surface area contributed by atoms with Gasteiger partial charge in [0.15, 0.2) is 17.1 Å². The molecule has 0 aliphatic rings. The molecular weight excluding hydrogens is 404 g/mol.